The van der Waals surface area contributed by atoms with Crippen molar-refractivity contribution in [1.29, 1.82) is 0 Å². The third-order valence-corrected chi connectivity index (χ3v) is 2.87. The predicted molar refractivity (Wildman–Crippen MR) is 67.7 cm³/mol. The van der Waals surface area contributed by atoms with Gasteiger partial charge in [0.2, 0.25) is 0 Å². The molecule has 1 heterocycles. The first kappa shape index (κ1) is 11.2. The maximum Gasteiger partial charge on any atom is 0.0552 e. The van der Waals surface area contributed by atoms with Crippen molar-refractivity contribution in [2.45, 2.75) is 39.3 Å². The number of aliphatic hydroxyl groups excluding tert-OH is 1. The third kappa shape index (κ3) is 2.12. The van der Waals surface area contributed by atoms with Crippen LogP contribution in [0.2, 0.25) is 0 Å². The molecule has 1 atom stereocenters. The zero-order valence-corrected chi connectivity index (χ0v) is 10.1. The number of aliphatic hydroxyl groups is 1. The predicted octanol–water partition coefficient (Wildman–Crippen LogP) is 3.15. The fourth-order valence-electron chi connectivity index (χ4n) is 2.13. The maximum atomic E-state index is 9.37. The van der Waals surface area contributed by atoms with Crippen LogP contribution in [0.15, 0.2) is 30.5 Å². The van der Waals surface area contributed by atoms with Gasteiger partial charge in [0.05, 0.1) is 6.10 Å². The fraction of sp³-hybridized carbons (Fsp3) is 0.429. The van der Waals surface area contributed by atoms with E-state index in [1.165, 1.54) is 16.5 Å². The molecule has 0 saturated heterocycles. The highest BCUT2D eigenvalue weighted by Gasteiger charge is 2.05. The number of hydrogen-bond donors (Lipinski definition) is 1. The van der Waals surface area contributed by atoms with E-state index in [1.54, 1.807) is 0 Å². The second-order valence-electron chi connectivity index (χ2n) is 4.76. The monoisotopic (exact) mass is 217 g/mol. The second kappa shape index (κ2) is 4.30. The van der Waals surface area contributed by atoms with Gasteiger partial charge in [0, 0.05) is 17.8 Å². The molecule has 0 aliphatic rings. The van der Waals surface area contributed by atoms with Crippen LogP contribution in [0.3, 0.4) is 0 Å². The summed E-state index contributed by atoms with van der Waals surface area (Å²) in [6, 6.07) is 9.04. The van der Waals surface area contributed by atoms with Crippen LogP contribution in [0.1, 0.15) is 32.4 Å². The van der Waals surface area contributed by atoms with Gasteiger partial charge in [-0.15, -0.1) is 0 Å². The Balaban J connectivity index is 2.41. The van der Waals surface area contributed by atoms with Gasteiger partial charge in [-0.3, -0.25) is 0 Å². The molecule has 2 aromatic rings. The van der Waals surface area contributed by atoms with Crippen molar-refractivity contribution in [1.82, 2.24) is 4.57 Å². The zero-order chi connectivity index (χ0) is 11.7. The van der Waals surface area contributed by atoms with Crippen molar-refractivity contribution < 1.29 is 5.11 Å². The lowest BCUT2D eigenvalue weighted by atomic mass is 10.1. The zero-order valence-electron chi connectivity index (χ0n) is 10.1. The molecule has 0 radical (unpaired) electrons. The first-order valence-electron chi connectivity index (χ1n) is 5.85. The summed E-state index contributed by atoms with van der Waals surface area (Å²) in [6.07, 6.45) is 2.58. The molecule has 0 fully saturated rings. The van der Waals surface area contributed by atoms with Gasteiger partial charge < -0.3 is 9.67 Å². The topological polar surface area (TPSA) is 25.2 Å². The minimum atomic E-state index is -0.273. The van der Waals surface area contributed by atoms with Crippen LogP contribution in [-0.4, -0.2) is 15.8 Å². The van der Waals surface area contributed by atoms with E-state index >= 15 is 0 Å². The van der Waals surface area contributed by atoms with E-state index in [0.717, 1.165) is 6.42 Å². The lowest BCUT2D eigenvalue weighted by Gasteiger charge is -2.10. The molecule has 16 heavy (non-hydrogen) atoms. The number of aromatic nitrogens is 1. The number of hydrogen-bond acceptors (Lipinski definition) is 1. The highest BCUT2D eigenvalue weighted by molar-refractivity contribution is 5.81. The molecule has 0 bridgehead atoms. The summed E-state index contributed by atoms with van der Waals surface area (Å²) in [7, 11) is 0. The van der Waals surface area contributed by atoms with E-state index in [1.807, 2.05) is 6.92 Å². The molecule has 2 nitrogen and oxygen atoms in total. The van der Waals surface area contributed by atoms with Crippen molar-refractivity contribution in [2.75, 3.05) is 0 Å². The Kier molecular flexibility index (Phi) is 3.01. The van der Waals surface area contributed by atoms with E-state index < -0.39 is 0 Å². The Labute approximate surface area is 96.5 Å². The molecule has 0 saturated carbocycles. The molecule has 2 heteroatoms. The number of nitrogens with zero attached hydrogens (tertiary/aromatic N) is 1. The number of fused-ring (bicyclic) bond motifs is 1. The van der Waals surface area contributed by atoms with E-state index in [2.05, 4.69) is 48.9 Å². The first-order chi connectivity index (χ1) is 7.58. The maximum absolute atomic E-state index is 9.37. The van der Waals surface area contributed by atoms with Gasteiger partial charge in [0.15, 0.2) is 0 Å². The van der Waals surface area contributed by atoms with Crippen LogP contribution in [0.5, 0.6) is 0 Å². The minimum Gasteiger partial charge on any atom is -0.393 e. The Morgan fingerprint density at radius 3 is 2.56 bits per heavy atom. The lowest BCUT2D eigenvalue weighted by molar-refractivity contribution is 0.195. The number of rotatable bonds is 3. The van der Waals surface area contributed by atoms with Crippen LogP contribution < -0.4 is 0 Å². The van der Waals surface area contributed by atoms with Gasteiger partial charge in [-0.05, 0) is 56.3 Å². The minimum absolute atomic E-state index is 0.273. The van der Waals surface area contributed by atoms with E-state index in [4.69, 9.17) is 0 Å². The van der Waals surface area contributed by atoms with Gasteiger partial charge >= 0.3 is 0 Å². The highest BCUT2D eigenvalue weighted by atomic mass is 16.3. The van der Waals surface area contributed by atoms with Gasteiger partial charge in [0.25, 0.3) is 0 Å². The van der Waals surface area contributed by atoms with Crippen molar-refractivity contribution in [3.8, 4) is 0 Å². The van der Waals surface area contributed by atoms with Crippen LogP contribution in [0.4, 0.5) is 0 Å². The largest absolute Gasteiger partial charge is 0.393 e. The average molecular weight is 217 g/mol. The molecule has 1 unspecified atom stereocenters. The van der Waals surface area contributed by atoms with Crippen LogP contribution in [0, 0.1) is 0 Å². The molecule has 1 aromatic heterocycles. The lowest BCUT2D eigenvalue weighted by Crippen LogP contribution is -2.04. The Bertz CT molecular complexity index is 482. The molecule has 0 aliphatic carbocycles. The Morgan fingerprint density at radius 1 is 1.19 bits per heavy atom. The quantitative estimate of drug-likeness (QED) is 0.839. The fourth-order valence-corrected chi connectivity index (χ4v) is 2.13. The smallest absolute Gasteiger partial charge is 0.0552 e. The summed E-state index contributed by atoms with van der Waals surface area (Å²) in [5.74, 6) is 0. The van der Waals surface area contributed by atoms with Crippen molar-refractivity contribution in [3.63, 3.8) is 0 Å². The average Bonchev–Trinajstić information content (AvgIpc) is 2.59. The first-order valence-corrected chi connectivity index (χ1v) is 5.85. The van der Waals surface area contributed by atoms with Crippen LogP contribution in [-0.2, 0) is 6.42 Å². The standard InChI is InChI=1S/C14H19NO/c1-10(2)15-7-6-13-9-12(8-11(3)16)4-5-14(13)15/h4-7,9-11,16H,8H2,1-3H3. The third-order valence-electron chi connectivity index (χ3n) is 2.87. The number of benzene rings is 1. The van der Waals surface area contributed by atoms with Gasteiger partial charge in [-0.25, -0.2) is 0 Å². The molecule has 0 aliphatic heterocycles. The normalized spacial score (nSPS) is 13.6. The van der Waals surface area contributed by atoms with E-state index in [0.29, 0.717) is 6.04 Å². The summed E-state index contributed by atoms with van der Waals surface area (Å²) >= 11 is 0. The molecule has 1 N–H and O–H groups in total. The van der Waals surface area contributed by atoms with Gasteiger partial charge in [-0.1, -0.05) is 6.07 Å². The summed E-state index contributed by atoms with van der Waals surface area (Å²) in [6.45, 7) is 6.19. The molecular formula is C14H19NO. The summed E-state index contributed by atoms with van der Waals surface area (Å²) in [5.41, 5.74) is 2.47. The molecule has 0 amide bonds. The van der Waals surface area contributed by atoms with Crippen molar-refractivity contribution in [2.24, 2.45) is 0 Å². The molecule has 0 spiro atoms. The molecule has 1 aromatic carbocycles. The van der Waals surface area contributed by atoms with Crippen molar-refractivity contribution >= 4 is 10.9 Å². The van der Waals surface area contributed by atoms with Gasteiger partial charge in [-0.2, -0.15) is 0 Å². The Hall–Kier alpha value is -1.28. The molecule has 2 rings (SSSR count). The van der Waals surface area contributed by atoms with Crippen LogP contribution >= 0.6 is 0 Å². The SMILES string of the molecule is CC(O)Cc1ccc2c(ccn2C(C)C)c1. The summed E-state index contributed by atoms with van der Waals surface area (Å²) in [5, 5.41) is 10.6. The van der Waals surface area contributed by atoms with Crippen LogP contribution in [0.25, 0.3) is 10.9 Å². The highest BCUT2D eigenvalue weighted by Crippen LogP contribution is 2.21. The second-order valence-corrected chi connectivity index (χ2v) is 4.76. The molecular weight excluding hydrogens is 198 g/mol. The summed E-state index contributed by atoms with van der Waals surface area (Å²) < 4.78 is 2.27. The molecule has 86 valence electrons. The Morgan fingerprint density at radius 2 is 1.94 bits per heavy atom. The van der Waals surface area contributed by atoms with Gasteiger partial charge in [0.1, 0.15) is 0 Å². The van der Waals surface area contributed by atoms with E-state index in [-0.39, 0.29) is 6.10 Å². The summed E-state index contributed by atoms with van der Waals surface area (Å²) in [4.78, 5) is 0. The van der Waals surface area contributed by atoms with E-state index in [9.17, 15) is 5.11 Å². The van der Waals surface area contributed by atoms with Crippen molar-refractivity contribution in [3.05, 3.63) is 36.0 Å².